The number of aliphatic hydroxyl groups is 1. The quantitative estimate of drug-likeness (QED) is 0.840. The highest BCUT2D eigenvalue weighted by Crippen LogP contribution is 2.49. The molecule has 2 aliphatic rings. The number of aliphatic hydroxyl groups excluding tert-OH is 1. The van der Waals surface area contributed by atoms with Crippen LogP contribution in [0.2, 0.25) is 0 Å². The van der Waals surface area contributed by atoms with Crippen LogP contribution in [0.25, 0.3) is 0 Å². The minimum atomic E-state index is -0.683. The molecule has 0 bridgehead atoms. The highest BCUT2D eigenvalue weighted by molar-refractivity contribution is 5.91. The third-order valence-corrected chi connectivity index (χ3v) is 5.28. The van der Waals surface area contributed by atoms with Crippen LogP contribution < -0.4 is 5.32 Å². The molecular formula is C18H24FNO2. The molecule has 0 heterocycles. The third-order valence-electron chi connectivity index (χ3n) is 5.28. The van der Waals surface area contributed by atoms with Gasteiger partial charge in [0.2, 0.25) is 5.91 Å². The second-order valence-corrected chi connectivity index (χ2v) is 6.72. The number of amides is 1. The first-order valence-electron chi connectivity index (χ1n) is 8.34. The first-order valence-corrected chi connectivity index (χ1v) is 8.34. The van der Waals surface area contributed by atoms with E-state index >= 15 is 0 Å². The van der Waals surface area contributed by atoms with Crippen molar-refractivity contribution < 1.29 is 14.3 Å². The molecule has 0 aromatic heterocycles. The minimum Gasteiger partial charge on any atom is -0.396 e. The Morgan fingerprint density at radius 2 is 1.95 bits per heavy atom. The highest BCUT2D eigenvalue weighted by atomic mass is 19.1. The van der Waals surface area contributed by atoms with Crippen molar-refractivity contribution in [2.75, 3.05) is 6.61 Å². The number of carbonyl (C=O) groups excluding carboxylic acids is 1. The van der Waals surface area contributed by atoms with Gasteiger partial charge in [-0.15, -0.1) is 0 Å². The predicted octanol–water partition coefficient (Wildman–Crippen LogP) is 2.91. The topological polar surface area (TPSA) is 49.3 Å². The Morgan fingerprint density at radius 1 is 1.23 bits per heavy atom. The van der Waals surface area contributed by atoms with Crippen molar-refractivity contribution in [1.29, 1.82) is 0 Å². The average molecular weight is 305 g/mol. The lowest BCUT2D eigenvalue weighted by Crippen LogP contribution is -2.46. The van der Waals surface area contributed by atoms with Gasteiger partial charge < -0.3 is 10.4 Å². The molecule has 4 heteroatoms. The molecule has 2 aliphatic carbocycles. The molecule has 2 fully saturated rings. The van der Waals surface area contributed by atoms with Crippen molar-refractivity contribution in [3.63, 3.8) is 0 Å². The fourth-order valence-electron chi connectivity index (χ4n) is 3.69. The molecule has 120 valence electrons. The van der Waals surface area contributed by atoms with Crippen molar-refractivity contribution in [2.45, 2.75) is 56.4 Å². The number of hydrogen-bond acceptors (Lipinski definition) is 2. The number of carbonyl (C=O) groups is 1. The van der Waals surface area contributed by atoms with Crippen LogP contribution in [0.3, 0.4) is 0 Å². The Hall–Kier alpha value is -1.42. The Balaban J connectivity index is 1.75. The summed E-state index contributed by atoms with van der Waals surface area (Å²) in [5.74, 6) is -0.236. The number of benzene rings is 1. The van der Waals surface area contributed by atoms with E-state index in [1.54, 1.807) is 18.2 Å². The molecule has 1 aromatic rings. The fraction of sp³-hybridized carbons (Fsp3) is 0.611. The summed E-state index contributed by atoms with van der Waals surface area (Å²) in [7, 11) is 0. The summed E-state index contributed by atoms with van der Waals surface area (Å²) in [5, 5.41) is 12.7. The van der Waals surface area contributed by atoms with Gasteiger partial charge in [-0.2, -0.15) is 0 Å². The molecule has 2 atom stereocenters. The zero-order valence-corrected chi connectivity index (χ0v) is 12.9. The summed E-state index contributed by atoms with van der Waals surface area (Å²) in [6.45, 7) is 0.109. The molecule has 3 nitrogen and oxygen atoms in total. The van der Waals surface area contributed by atoms with Gasteiger partial charge in [0, 0.05) is 24.1 Å². The van der Waals surface area contributed by atoms with E-state index in [9.17, 15) is 14.3 Å². The largest absolute Gasteiger partial charge is 0.396 e. The number of nitrogens with one attached hydrogen (secondary N) is 1. The lowest BCUT2D eigenvalue weighted by atomic mass is 9.91. The Bertz CT molecular complexity index is 542. The van der Waals surface area contributed by atoms with Gasteiger partial charge in [0.1, 0.15) is 5.82 Å². The van der Waals surface area contributed by atoms with E-state index in [-0.39, 0.29) is 30.3 Å². The first-order chi connectivity index (χ1) is 10.7. The summed E-state index contributed by atoms with van der Waals surface area (Å²) in [4.78, 5) is 12.8. The van der Waals surface area contributed by atoms with Crippen LogP contribution in [0.5, 0.6) is 0 Å². The summed E-state index contributed by atoms with van der Waals surface area (Å²) < 4.78 is 14.1. The molecule has 3 rings (SSSR count). The van der Waals surface area contributed by atoms with Gasteiger partial charge in [0.25, 0.3) is 0 Å². The molecular weight excluding hydrogens is 281 g/mol. The first kappa shape index (κ1) is 15.5. The molecule has 22 heavy (non-hydrogen) atoms. The lowest BCUT2D eigenvalue weighted by Gasteiger charge is -2.27. The zero-order valence-electron chi connectivity index (χ0n) is 12.9. The van der Waals surface area contributed by atoms with Gasteiger partial charge in [0.05, 0.1) is 5.41 Å². The van der Waals surface area contributed by atoms with E-state index in [4.69, 9.17) is 0 Å². The van der Waals surface area contributed by atoms with Crippen LogP contribution in [0.15, 0.2) is 24.3 Å². The monoisotopic (exact) mass is 305 g/mol. The number of rotatable bonds is 4. The van der Waals surface area contributed by atoms with E-state index in [2.05, 4.69) is 5.32 Å². The maximum atomic E-state index is 14.1. The highest BCUT2D eigenvalue weighted by Gasteiger charge is 2.53. The standard InChI is InChI=1S/C18H24FNO2/c19-15-8-5-4-7-14(15)18(10-11-18)17(22)20-16-9-3-1-2-6-13(16)12-21/h4-5,7-8,13,16,21H,1-3,6,9-12H2,(H,20,22). The molecule has 0 radical (unpaired) electrons. The van der Waals surface area contributed by atoms with E-state index in [1.807, 2.05) is 0 Å². The van der Waals surface area contributed by atoms with Crippen molar-refractivity contribution in [3.05, 3.63) is 35.6 Å². The van der Waals surface area contributed by atoms with Gasteiger partial charge in [-0.1, -0.05) is 37.5 Å². The van der Waals surface area contributed by atoms with Crippen LogP contribution in [-0.2, 0) is 10.2 Å². The second kappa shape index (κ2) is 6.37. The Labute approximate surface area is 130 Å². The van der Waals surface area contributed by atoms with Crippen molar-refractivity contribution in [3.8, 4) is 0 Å². The summed E-state index contributed by atoms with van der Waals surface area (Å²) >= 11 is 0. The summed E-state index contributed by atoms with van der Waals surface area (Å²) in [6.07, 6.45) is 6.61. The molecule has 0 aliphatic heterocycles. The van der Waals surface area contributed by atoms with Crippen LogP contribution in [0, 0.1) is 11.7 Å². The van der Waals surface area contributed by atoms with Crippen molar-refractivity contribution >= 4 is 5.91 Å². The van der Waals surface area contributed by atoms with Gasteiger partial charge in [0.15, 0.2) is 0 Å². The van der Waals surface area contributed by atoms with Gasteiger partial charge in [-0.25, -0.2) is 4.39 Å². The van der Waals surface area contributed by atoms with E-state index < -0.39 is 5.41 Å². The average Bonchev–Trinajstić information content (AvgIpc) is 3.32. The Morgan fingerprint density at radius 3 is 2.64 bits per heavy atom. The zero-order chi connectivity index (χ0) is 15.6. The van der Waals surface area contributed by atoms with Crippen molar-refractivity contribution in [2.24, 2.45) is 5.92 Å². The number of hydrogen-bond donors (Lipinski definition) is 2. The normalized spacial score (nSPS) is 27.0. The van der Waals surface area contributed by atoms with E-state index in [0.717, 1.165) is 32.1 Å². The van der Waals surface area contributed by atoms with Gasteiger partial charge >= 0.3 is 0 Å². The predicted molar refractivity (Wildman–Crippen MR) is 82.9 cm³/mol. The van der Waals surface area contributed by atoms with Gasteiger partial charge in [-0.3, -0.25) is 4.79 Å². The molecule has 1 aromatic carbocycles. The molecule has 2 N–H and O–H groups in total. The fourth-order valence-corrected chi connectivity index (χ4v) is 3.69. The molecule has 2 unspecified atom stereocenters. The van der Waals surface area contributed by atoms with Crippen LogP contribution >= 0.6 is 0 Å². The lowest BCUT2D eigenvalue weighted by molar-refractivity contribution is -0.124. The van der Waals surface area contributed by atoms with Crippen LogP contribution in [0.4, 0.5) is 4.39 Å². The van der Waals surface area contributed by atoms with E-state index in [0.29, 0.717) is 18.4 Å². The molecule has 1 amide bonds. The second-order valence-electron chi connectivity index (χ2n) is 6.72. The maximum absolute atomic E-state index is 14.1. The maximum Gasteiger partial charge on any atom is 0.230 e. The summed E-state index contributed by atoms with van der Waals surface area (Å²) in [6, 6.07) is 6.60. The number of halogens is 1. The Kier molecular flexibility index (Phi) is 4.48. The summed E-state index contributed by atoms with van der Waals surface area (Å²) in [5.41, 5.74) is -0.167. The minimum absolute atomic E-state index is 0.0178. The van der Waals surface area contributed by atoms with Gasteiger partial charge in [-0.05, 0) is 31.7 Å². The third kappa shape index (κ3) is 2.89. The van der Waals surface area contributed by atoms with Crippen molar-refractivity contribution in [1.82, 2.24) is 5.32 Å². The SMILES string of the molecule is O=C(NC1CCCCCC1CO)C1(c2ccccc2F)CC1. The smallest absolute Gasteiger partial charge is 0.230 e. The van der Waals surface area contributed by atoms with E-state index in [1.165, 1.54) is 6.07 Å². The van der Waals surface area contributed by atoms with Crippen LogP contribution in [0.1, 0.15) is 50.5 Å². The molecule has 2 saturated carbocycles. The molecule has 0 spiro atoms. The molecule has 0 saturated heterocycles. The van der Waals surface area contributed by atoms with Crippen LogP contribution in [-0.4, -0.2) is 23.7 Å².